The summed E-state index contributed by atoms with van der Waals surface area (Å²) in [5.41, 5.74) is 0. The van der Waals surface area contributed by atoms with Gasteiger partial charge in [-0.1, -0.05) is 193 Å². The number of hydrogen-bond donors (Lipinski definition) is 3. The van der Waals surface area contributed by atoms with Crippen LogP contribution in [0.3, 0.4) is 0 Å². The molecule has 0 aromatic rings. The number of aliphatic hydroxyl groups excluding tert-OH is 2. The van der Waals surface area contributed by atoms with Gasteiger partial charge in [0.05, 0.1) is 18.8 Å². The predicted octanol–water partition coefficient (Wildman–Crippen LogP) is 12.3. The number of allylic oxidation sites excluding steroid dienone is 2. The fourth-order valence-corrected chi connectivity index (χ4v) is 6.36. The van der Waals surface area contributed by atoms with Gasteiger partial charge in [0.1, 0.15) is 0 Å². The highest BCUT2D eigenvalue weighted by Gasteiger charge is 2.19. The molecule has 0 heterocycles. The second kappa shape index (κ2) is 37.6. The quantitative estimate of drug-likeness (QED) is 0.0470. The lowest BCUT2D eigenvalue weighted by Crippen LogP contribution is -2.45. The van der Waals surface area contributed by atoms with Crippen LogP contribution in [0.5, 0.6) is 0 Å². The van der Waals surface area contributed by atoms with Crippen LogP contribution < -0.4 is 5.32 Å². The Balaban J connectivity index is 3.53. The first-order valence-electron chi connectivity index (χ1n) is 20.4. The Kier molecular flexibility index (Phi) is 36.9. The molecule has 4 nitrogen and oxygen atoms in total. The largest absolute Gasteiger partial charge is 0.394 e. The standard InChI is InChI=1S/C41H81NO3/c1-3-5-7-9-11-13-15-17-19-20-21-23-25-27-29-31-33-35-37-41(45)42-39(38-43)40(44)36-34-32-30-28-26-24-22-18-16-14-12-10-8-6-4-2/h26,28,39-40,43-44H,3-25,27,29-38H2,1-2H3,(H,42,45)/b28-26+/t39-,40+/m0/s1. The molecule has 0 fully saturated rings. The minimum atomic E-state index is -0.676. The van der Waals surface area contributed by atoms with Gasteiger partial charge in [-0.2, -0.15) is 0 Å². The lowest BCUT2D eigenvalue weighted by atomic mass is 10.0. The summed E-state index contributed by atoms with van der Waals surface area (Å²) >= 11 is 0. The van der Waals surface area contributed by atoms with Gasteiger partial charge in [-0.3, -0.25) is 4.79 Å². The highest BCUT2D eigenvalue weighted by Crippen LogP contribution is 2.15. The minimum Gasteiger partial charge on any atom is -0.394 e. The van der Waals surface area contributed by atoms with Crippen molar-refractivity contribution in [2.45, 2.75) is 238 Å². The molecule has 0 saturated carbocycles. The van der Waals surface area contributed by atoms with Gasteiger partial charge in [0.2, 0.25) is 5.91 Å². The summed E-state index contributed by atoms with van der Waals surface area (Å²) in [7, 11) is 0. The topological polar surface area (TPSA) is 69.6 Å². The van der Waals surface area contributed by atoms with Gasteiger partial charge in [0, 0.05) is 6.42 Å². The van der Waals surface area contributed by atoms with Gasteiger partial charge < -0.3 is 15.5 Å². The zero-order valence-corrected chi connectivity index (χ0v) is 30.7. The Hall–Kier alpha value is -0.870. The van der Waals surface area contributed by atoms with E-state index in [4.69, 9.17) is 0 Å². The maximum Gasteiger partial charge on any atom is 0.220 e. The summed E-state index contributed by atoms with van der Waals surface area (Å²) in [4.78, 5) is 12.4. The molecule has 4 heteroatoms. The lowest BCUT2D eigenvalue weighted by Gasteiger charge is -2.22. The maximum atomic E-state index is 12.4. The van der Waals surface area contributed by atoms with Gasteiger partial charge in [-0.15, -0.1) is 0 Å². The average molecular weight is 636 g/mol. The lowest BCUT2D eigenvalue weighted by molar-refractivity contribution is -0.123. The molecular weight excluding hydrogens is 554 g/mol. The van der Waals surface area contributed by atoms with Crippen molar-refractivity contribution < 1.29 is 15.0 Å². The van der Waals surface area contributed by atoms with Crippen LogP contribution in [0.15, 0.2) is 12.2 Å². The van der Waals surface area contributed by atoms with E-state index in [1.807, 2.05) is 0 Å². The summed E-state index contributed by atoms with van der Waals surface area (Å²) in [5.74, 6) is -0.0379. The second-order valence-electron chi connectivity index (χ2n) is 14.1. The number of unbranched alkanes of at least 4 members (excludes halogenated alkanes) is 28. The summed E-state index contributed by atoms with van der Waals surface area (Å²) in [6.07, 6.45) is 45.6. The number of aliphatic hydroxyl groups is 2. The number of nitrogens with one attached hydrogen (secondary N) is 1. The Morgan fingerprint density at radius 1 is 0.511 bits per heavy atom. The summed E-state index contributed by atoms with van der Waals surface area (Å²) < 4.78 is 0. The van der Waals surface area contributed by atoms with Crippen LogP contribution in [0.4, 0.5) is 0 Å². The molecule has 0 aromatic heterocycles. The Bertz CT molecular complexity index is 608. The molecule has 0 unspecified atom stereocenters. The third kappa shape index (κ3) is 34.3. The van der Waals surface area contributed by atoms with Crippen molar-refractivity contribution >= 4 is 5.91 Å². The van der Waals surface area contributed by atoms with Gasteiger partial charge in [-0.25, -0.2) is 0 Å². The van der Waals surface area contributed by atoms with Crippen molar-refractivity contribution in [2.24, 2.45) is 0 Å². The molecule has 0 bridgehead atoms. The van der Waals surface area contributed by atoms with Crippen LogP contribution in [-0.2, 0) is 4.79 Å². The minimum absolute atomic E-state index is 0.0379. The third-order valence-electron chi connectivity index (χ3n) is 9.53. The Labute approximate surface area is 282 Å². The number of carbonyl (C=O) groups is 1. The highest BCUT2D eigenvalue weighted by atomic mass is 16.3. The number of rotatable bonds is 37. The second-order valence-corrected chi connectivity index (χ2v) is 14.1. The molecule has 0 aliphatic heterocycles. The van der Waals surface area contributed by atoms with Crippen molar-refractivity contribution in [3.05, 3.63) is 12.2 Å². The predicted molar refractivity (Wildman–Crippen MR) is 198 cm³/mol. The van der Waals surface area contributed by atoms with Crippen molar-refractivity contribution in [3.8, 4) is 0 Å². The van der Waals surface area contributed by atoms with E-state index in [0.29, 0.717) is 12.8 Å². The van der Waals surface area contributed by atoms with Gasteiger partial charge in [0.25, 0.3) is 0 Å². The van der Waals surface area contributed by atoms with Crippen molar-refractivity contribution in [3.63, 3.8) is 0 Å². The molecule has 0 saturated heterocycles. The van der Waals surface area contributed by atoms with Gasteiger partial charge >= 0.3 is 0 Å². The fraction of sp³-hybridized carbons (Fsp3) is 0.927. The molecular formula is C41H81NO3. The highest BCUT2D eigenvalue weighted by molar-refractivity contribution is 5.76. The van der Waals surface area contributed by atoms with Crippen molar-refractivity contribution in [1.82, 2.24) is 5.32 Å². The van der Waals surface area contributed by atoms with Crippen LogP contribution in [0.1, 0.15) is 226 Å². The number of carbonyl (C=O) groups excluding carboxylic acids is 1. The number of hydrogen-bond acceptors (Lipinski definition) is 3. The molecule has 1 amide bonds. The van der Waals surface area contributed by atoms with E-state index in [-0.39, 0.29) is 12.5 Å². The SMILES string of the molecule is CCCCCCCCCCC/C=C/CCCC[C@@H](O)[C@H](CO)NC(=O)CCCCCCCCCCCCCCCCCCCC. The first-order valence-corrected chi connectivity index (χ1v) is 20.4. The zero-order valence-electron chi connectivity index (χ0n) is 30.7. The van der Waals surface area contributed by atoms with Crippen LogP contribution in [-0.4, -0.2) is 34.9 Å². The molecule has 268 valence electrons. The van der Waals surface area contributed by atoms with Crippen LogP contribution in [0.2, 0.25) is 0 Å². The van der Waals surface area contributed by atoms with E-state index in [9.17, 15) is 15.0 Å². The zero-order chi connectivity index (χ0) is 32.9. The first kappa shape index (κ1) is 44.1. The van der Waals surface area contributed by atoms with E-state index in [1.54, 1.807) is 0 Å². The smallest absolute Gasteiger partial charge is 0.220 e. The van der Waals surface area contributed by atoms with Crippen molar-refractivity contribution in [2.75, 3.05) is 6.61 Å². The summed E-state index contributed by atoms with van der Waals surface area (Å²) in [6.45, 7) is 4.35. The molecule has 0 radical (unpaired) electrons. The monoisotopic (exact) mass is 636 g/mol. The van der Waals surface area contributed by atoms with Crippen molar-refractivity contribution in [1.29, 1.82) is 0 Å². The molecule has 0 spiro atoms. The number of amides is 1. The van der Waals surface area contributed by atoms with Gasteiger partial charge in [0.15, 0.2) is 0 Å². The Morgan fingerprint density at radius 3 is 1.22 bits per heavy atom. The van der Waals surface area contributed by atoms with E-state index >= 15 is 0 Å². The molecule has 3 N–H and O–H groups in total. The average Bonchev–Trinajstić information content (AvgIpc) is 3.04. The Morgan fingerprint density at radius 2 is 0.844 bits per heavy atom. The van der Waals surface area contributed by atoms with Crippen LogP contribution in [0, 0.1) is 0 Å². The molecule has 2 atom stereocenters. The van der Waals surface area contributed by atoms with Crippen LogP contribution >= 0.6 is 0 Å². The third-order valence-corrected chi connectivity index (χ3v) is 9.53. The summed E-state index contributed by atoms with van der Waals surface area (Å²) in [5, 5.41) is 23.1. The molecule has 45 heavy (non-hydrogen) atoms. The van der Waals surface area contributed by atoms with E-state index in [1.165, 1.54) is 167 Å². The summed E-state index contributed by atoms with van der Waals surface area (Å²) in [6, 6.07) is -0.546. The molecule has 0 aliphatic carbocycles. The van der Waals surface area contributed by atoms with E-state index in [0.717, 1.165) is 32.1 Å². The normalized spacial score (nSPS) is 13.1. The van der Waals surface area contributed by atoms with Gasteiger partial charge in [-0.05, 0) is 38.5 Å². The first-order chi connectivity index (χ1) is 22.2. The molecule has 0 aromatic carbocycles. The fourth-order valence-electron chi connectivity index (χ4n) is 6.36. The molecule has 0 aliphatic rings. The molecule has 0 rings (SSSR count). The van der Waals surface area contributed by atoms with E-state index < -0.39 is 12.1 Å². The maximum absolute atomic E-state index is 12.4. The van der Waals surface area contributed by atoms with Crippen LogP contribution in [0.25, 0.3) is 0 Å². The van der Waals surface area contributed by atoms with E-state index in [2.05, 4.69) is 31.3 Å².